The number of likely N-dealkylation sites (N-methyl/N-ethyl adjacent to an activating group) is 1. The van der Waals surface area contributed by atoms with Crippen molar-refractivity contribution in [3.8, 4) is 0 Å². The molecule has 1 aliphatic heterocycles. The standard InChI is InChI=1S/C9H19N2O/c1-11(2)7-8-12-9-3-5-10-6-4-9/h9H,3-8H2,1-2H3. The third kappa shape index (κ3) is 4.04. The third-order valence-corrected chi connectivity index (χ3v) is 2.11. The van der Waals surface area contributed by atoms with Gasteiger partial charge in [0.1, 0.15) is 0 Å². The zero-order valence-corrected chi connectivity index (χ0v) is 8.12. The summed E-state index contributed by atoms with van der Waals surface area (Å²) in [7, 11) is 4.14. The molecule has 0 saturated carbocycles. The largest absolute Gasteiger partial charge is 0.377 e. The van der Waals surface area contributed by atoms with Crippen molar-refractivity contribution in [2.45, 2.75) is 18.9 Å². The number of nitrogens with zero attached hydrogens (tertiary/aromatic N) is 2. The van der Waals surface area contributed by atoms with Crippen LogP contribution in [0.3, 0.4) is 0 Å². The van der Waals surface area contributed by atoms with Crippen molar-refractivity contribution < 1.29 is 4.74 Å². The molecule has 1 saturated heterocycles. The molecule has 1 heterocycles. The van der Waals surface area contributed by atoms with E-state index in [9.17, 15) is 0 Å². The van der Waals surface area contributed by atoms with E-state index >= 15 is 0 Å². The summed E-state index contributed by atoms with van der Waals surface area (Å²) < 4.78 is 5.69. The van der Waals surface area contributed by atoms with E-state index in [1.807, 2.05) is 0 Å². The highest BCUT2D eigenvalue weighted by Gasteiger charge is 2.13. The topological polar surface area (TPSA) is 26.6 Å². The molecule has 0 spiro atoms. The molecule has 1 aliphatic rings. The van der Waals surface area contributed by atoms with Gasteiger partial charge in [0.15, 0.2) is 0 Å². The van der Waals surface area contributed by atoms with Crippen molar-refractivity contribution >= 4 is 0 Å². The summed E-state index contributed by atoms with van der Waals surface area (Å²) in [6.45, 7) is 3.87. The molecule has 12 heavy (non-hydrogen) atoms. The summed E-state index contributed by atoms with van der Waals surface area (Å²) >= 11 is 0. The van der Waals surface area contributed by atoms with Crippen molar-refractivity contribution in [1.82, 2.24) is 10.2 Å². The van der Waals surface area contributed by atoms with E-state index in [0.29, 0.717) is 6.10 Å². The van der Waals surface area contributed by atoms with Crippen LogP contribution in [-0.4, -0.2) is 51.3 Å². The summed E-state index contributed by atoms with van der Waals surface area (Å²) in [6, 6.07) is 0. The van der Waals surface area contributed by atoms with Crippen molar-refractivity contribution in [3.05, 3.63) is 0 Å². The van der Waals surface area contributed by atoms with Gasteiger partial charge >= 0.3 is 0 Å². The Kier molecular flexibility index (Phi) is 4.58. The summed E-state index contributed by atoms with van der Waals surface area (Å²) in [5.41, 5.74) is 0. The zero-order chi connectivity index (χ0) is 8.81. The van der Waals surface area contributed by atoms with Gasteiger partial charge in [-0.1, -0.05) is 0 Å². The van der Waals surface area contributed by atoms with Gasteiger partial charge < -0.3 is 9.64 Å². The van der Waals surface area contributed by atoms with Crippen LogP contribution < -0.4 is 5.32 Å². The number of hydrogen-bond donors (Lipinski definition) is 0. The lowest BCUT2D eigenvalue weighted by molar-refractivity contribution is 0.0251. The highest BCUT2D eigenvalue weighted by atomic mass is 16.5. The normalized spacial score (nSPS) is 20.2. The first-order valence-corrected chi connectivity index (χ1v) is 4.68. The van der Waals surface area contributed by atoms with E-state index in [4.69, 9.17) is 4.74 Å². The van der Waals surface area contributed by atoms with Crippen LogP contribution in [0.5, 0.6) is 0 Å². The molecule has 1 radical (unpaired) electrons. The minimum atomic E-state index is 0.474. The lowest BCUT2D eigenvalue weighted by Crippen LogP contribution is -2.30. The van der Waals surface area contributed by atoms with Crippen molar-refractivity contribution in [2.24, 2.45) is 0 Å². The van der Waals surface area contributed by atoms with Gasteiger partial charge in [0.2, 0.25) is 0 Å². The van der Waals surface area contributed by atoms with Crippen LogP contribution in [0.4, 0.5) is 0 Å². The molecule has 0 aliphatic carbocycles. The fraction of sp³-hybridized carbons (Fsp3) is 1.00. The highest BCUT2D eigenvalue weighted by Crippen LogP contribution is 2.07. The number of piperidine rings is 1. The van der Waals surface area contributed by atoms with Gasteiger partial charge in [-0.25, -0.2) is 5.32 Å². The first-order chi connectivity index (χ1) is 5.79. The minimum absolute atomic E-state index is 0.474. The van der Waals surface area contributed by atoms with E-state index in [-0.39, 0.29) is 0 Å². The predicted molar refractivity (Wildman–Crippen MR) is 49.4 cm³/mol. The second-order valence-electron chi connectivity index (χ2n) is 3.54. The van der Waals surface area contributed by atoms with E-state index in [2.05, 4.69) is 24.3 Å². The molecule has 0 amide bonds. The second-order valence-corrected chi connectivity index (χ2v) is 3.54. The first kappa shape index (κ1) is 9.96. The van der Waals surface area contributed by atoms with Crippen LogP contribution in [0.15, 0.2) is 0 Å². The number of ether oxygens (including phenoxy) is 1. The maximum absolute atomic E-state index is 5.69. The number of hydrogen-bond acceptors (Lipinski definition) is 2. The van der Waals surface area contributed by atoms with Gasteiger partial charge in [-0.2, -0.15) is 0 Å². The summed E-state index contributed by atoms with van der Waals surface area (Å²) in [5.74, 6) is 0. The van der Waals surface area contributed by atoms with Gasteiger partial charge in [0.25, 0.3) is 0 Å². The highest BCUT2D eigenvalue weighted by molar-refractivity contribution is 4.67. The van der Waals surface area contributed by atoms with Crippen molar-refractivity contribution in [2.75, 3.05) is 40.3 Å². The first-order valence-electron chi connectivity index (χ1n) is 4.68. The fourth-order valence-electron chi connectivity index (χ4n) is 1.30. The van der Waals surface area contributed by atoms with Crippen LogP contribution in [0.2, 0.25) is 0 Å². The lowest BCUT2D eigenvalue weighted by atomic mass is 10.1. The quantitative estimate of drug-likeness (QED) is 0.609. The Morgan fingerprint density at radius 2 is 2.00 bits per heavy atom. The molecule has 3 heteroatoms. The monoisotopic (exact) mass is 171 g/mol. The maximum atomic E-state index is 5.69. The van der Waals surface area contributed by atoms with E-state index in [0.717, 1.165) is 39.1 Å². The Morgan fingerprint density at radius 3 is 2.58 bits per heavy atom. The van der Waals surface area contributed by atoms with Gasteiger partial charge in [-0.15, -0.1) is 0 Å². The van der Waals surface area contributed by atoms with Crippen LogP contribution in [0.25, 0.3) is 0 Å². The molecule has 0 atom stereocenters. The Morgan fingerprint density at radius 1 is 1.33 bits per heavy atom. The van der Waals surface area contributed by atoms with Crippen LogP contribution in [0.1, 0.15) is 12.8 Å². The van der Waals surface area contributed by atoms with E-state index in [1.165, 1.54) is 0 Å². The van der Waals surface area contributed by atoms with Gasteiger partial charge in [0.05, 0.1) is 12.7 Å². The molecule has 0 aromatic carbocycles. The van der Waals surface area contributed by atoms with Gasteiger partial charge in [0, 0.05) is 19.6 Å². The lowest BCUT2D eigenvalue weighted by Gasteiger charge is -2.22. The Balaban J connectivity index is 1.98. The zero-order valence-electron chi connectivity index (χ0n) is 8.12. The molecule has 1 rings (SSSR count). The molecule has 0 bridgehead atoms. The van der Waals surface area contributed by atoms with Gasteiger partial charge in [-0.05, 0) is 26.9 Å². The molecular formula is C9H19N2O. The second kappa shape index (κ2) is 5.51. The SMILES string of the molecule is CN(C)CCOC1CC[N]CC1. The van der Waals surface area contributed by atoms with Crippen LogP contribution >= 0.6 is 0 Å². The molecule has 1 fully saturated rings. The molecule has 0 aromatic heterocycles. The average molecular weight is 171 g/mol. The Labute approximate surface area is 75.1 Å². The Bertz CT molecular complexity index is 111. The molecule has 3 nitrogen and oxygen atoms in total. The fourth-order valence-corrected chi connectivity index (χ4v) is 1.30. The molecule has 71 valence electrons. The molecule has 0 N–H and O–H groups in total. The average Bonchev–Trinajstić information content (AvgIpc) is 2.05. The summed E-state index contributed by atoms with van der Waals surface area (Å²) in [4.78, 5) is 2.15. The molecular weight excluding hydrogens is 152 g/mol. The minimum Gasteiger partial charge on any atom is -0.377 e. The third-order valence-electron chi connectivity index (χ3n) is 2.11. The summed E-state index contributed by atoms with van der Waals surface area (Å²) in [5, 5.41) is 4.28. The smallest absolute Gasteiger partial charge is 0.0601 e. The van der Waals surface area contributed by atoms with Crippen LogP contribution in [0, 0.1) is 0 Å². The predicted octanol–water partition coefficient (Wildman–Crippen LogP) is 0.331. The number of rotatable bonds is 4. The molecule has 0 aromatic rings. The van der Waals surface area contributed by atoms with Crippen molar-refractivity contribution in [3.63, 3.8) is 0 Å². The maximum Gasteiger partial charge on any atom is 0.0601 e. The van der Waals surface area contributed by atoms with Crippen LogP contribution in [-0.2, 0) is 4.74 Å². The summed E-state index contributed by atoms with van der Waals surface area (Å²) in [6.07, 6.45) is 2.71. The Hall–Kier alpha value is -0.120. The molecule has 0 unspecified atom stereocenters. The van der Waals surface area contributed by atoms with Crippen molar-refractivity contribution in [1.29, 1.82) is 0 Å². The van der Waals surface area contributed by atoms with E-state index in [1.54, 1.807) is 0 Å². The van der Waals surface area contributed by atoms with Gasteiger partial charge in [-0.3, -0.25) is 0 Å². The van der Waals surface area contributed by atoms with E-state index < -0.39 is 0 Å².